The van der Waals surface area contributed by atoms with E-state index in [1.54, 1.807) is 24.3 Å². The normalized spacial score (nSPS) is 29.4. The van der Waals surface area contributed by atoms with E-state index in [0.29, 0.717) is 28.0 Å². The quantitative estimate of drug-likeness (QED) is 0.787. The highest BCUT2D eigenvalue weighted by atomic mass is 16.7. The maximum atomic E-state index is 12.5. The summed E-state index contributed by atoms with van der Waals surface area (Å²) < 4.78 is 0. The molecule has 0 radical (unpaired) electrons. The number of benzene rings is 1. The fourth-order valence-corrected chi connectivity index (χ4v) is 4.34. The zero-order chi connectivity index (χ0) is 16.0. The van der Waals surface area contributed by atoms with Gasteiger partial charge in [0, 0.05) is 0 Å². The first kappa shape index (κ1) is 14.4. The topological polar surface area (TPSA) is 63.7 Å². The van der Waals surface area contributed by atoms with Gasteiger partial charge in [-0.15, -0.1) is 0 Å². The lowest BCUT2D eigenvalue weighted by Gasteiger charge is -2.38. The van der Waals surface area contributed by atoms with Crippen LogP contribution in [-0.2, 0) is 9.63 Å². The molecule has 1 aromatic rings. The predicted molar refractivity (Wildman–Crippen MR) is 81.2 cm³/mol. The second kappa shape index (κ2) is 5.48. The minimum Gasteiger partial charge on any atom is -0.329 e. The van der Waals surface area contributed by atoms with Gasteiger partial charge in [-0.05, 0) is 43.2 Å². The molecule has 2 saturated carbocycles. The molecule has 1 heterocycles. The van der Waals surface area contributed by atoms with Crippen molar-refractivity contribution in [2.75, 3.05) is 0 Å². The maximum Gasteiger partial charge on any atom is 0.336 e. The summed E-state index contributed by atoms with van der Waals surface area (Å²) in [5, 5.41) is 0.636. The number of hydrogen-bond donors (Lipinski definition) is 0. The number of rotatable bonds is 2. The monoisotopic (exact) mass is 313 g/mol. The van der Waals surface area contributed by atoms with Crippen LogP contribution in [0.4, 0.5) is 0 Å². The number of carbonyl (C=O) groups excluding carboxylic acids is 3. The molecule has 2 atom stereocenters. The highest BCUT2D eigenvalue weighted by molar-refractivity contribution is 6.20. The molecule has 2 unspecified atom stereocenters. The molecule has 4 rings (SSSR count). The van der Waals surface area contributed by atoms with Gasteiger partial charge in [0.15, 0.2) is 0 Å². The minimum absolute atomic E-state index is 0.191. The average Bonchev–Trinajstić information content (AvgIpc) is 2.80. The Morgan fingerprint density at radius 2 is 1.52 bits per heavy atom. The van der Waals surface area contributed by atoms with Crippen LogP contribution in [0.1, 0.15) is 59.2 Å². The molecule has 2 fully saturated rings. The molecule has 3 aliphatic rings. The van der Waals surface area contributed by atoms with Gasteiger partial charge in [0.05, 0.1) is 17.0 Å². The standard InChI is InChI=1S/C18H19NO4/c20-16-14-6-1-2-7-15(14)17(21)19(16)23-18(22)13-9-11-4-3-5-12(8-11)10-13/h1-2,6-7,11-13H,3-5,8-10H2. The molecule has 2 bridgehead atoms. The van der Waals surface area contributed by atoms with Crippen molar-refractivity contribution in [1.29, 1.82) is 0 Å². The van der Waals surface area contributed by atoms with Gasteiger partial charge in [0.25, 0.3) is 11.8 Å². The molecule has 0 saturated heterocycles. The summed E-state index contributed by atoms with van der Waals surface area (Å²) in [6.45, 7) is 0. The van der Waals surface area contributed by atoms with Crippen molar-refractivity contribution in [3.05, 3.63) is 35.4 Å². The van der Waals surface area contributed by atoms with Crippen LogP contribution < -0.4 is 0 Å². The lowest BCUT2D eigenvalue weighted by molar-refractivity contribution is -0.176. The van der Waals surface area contributed by atoms with Crippen molar-refractivity contribution >= 4 is 17.8 Å². The summed E-state index contributed by atoms with van der Waals surface area (Å²) in [7, 11) is 0. The van der Waals surface area contributed by atoms with Gasteiger partial charge >= 0.3 is 5.97 Å². The summed E-state index contributed by atoms with van der Waals surface area (Å²) in [4.78, 5) is 42.2. The van der Waals surface area contributed by atoms with Gasteiger partial charge in [-0.3, -0.25) is 9.59 Å². The first-order valence-corrected chi connectivity index (χ1v) is 8.33. The summed E-state index contributed by atoms with van der Waals surface area (Å²) in [5.74, 6) is -0.547. The Bertz CT molecular complexity index is 636. The molecule has 5 nitrogen and oxygen atoms in total. The third kappa shape index (κ3) is 2.44. The van der Waals surface area contributed by atoms with E-state index < -0.39 is 17.8 Å². The number of hydroxylamine groups is 2. The van der Waals surface area contributed by atoms with E-state index in [2.05, 4.69) is 0 Å². The summed E-state index contributed by atoms with van der Waals surface area (Å²) in [6, 6.07) is 6.54. The highest BCUT2D eigenvalue weighted by Crippen LogP contribution is 2.43. The van der Waals surface area contributed by atoms with Crippen molar-refractivity contribution in [3.63, 3.8) is 0 Å². The van der Waals surface area contributed by atoms with E-state index in [1.807, 2.05) is 0 Å². The van der Waals surface area contributed by atoms with E-state index in [-0.39, 0.29) is 5.92 Å². The van der Waals surface area contributed by atoms with Crippen LogP contribution >= 0.6 is 0 Å². The molecule has 0 spiro atoms. The molecule has 120 valence electrons. The first-order valence-electron chi connectivity index (χ1n) is 8.33. The van der Waals surface area contributed by atoms with E-state index >= 15 is 0 Å². The summed E-state index contributed by atoms with van der Waals surface area (Å²) in [5.41, 5.74) is 0.594. The highest BCUT2D eigenvalue weighted by Gasteiger charge is 2.42. The smallest absolute Gasteiger partial charge is 0.329 e. The van der Waals surface area contributed by atoms with Gasteiger partial charge in [0.1, 0.15) is 0 Å². The van der Waals surface area contributed by atoms with Crippen LogP contribution in [0.25, 0.3) is 0 Å². The van der Waals surface area contributed by atoms with Crippen molar-refractivity contribution in [2.45, 2.75) is 38.5 Å². The molecular weight excluding hydrogens is 294 g/mol. The molecular formula is C18H19NO4. The number of carbonyl (C=O) groups is 3. The average molecular weight is 313 g/mol. The largest absolute Gasteiger partial charge is 0.336 e. The fraction of sp³-hybridized carbons (Fsp3) is 0.500. The van der Waals surface area contributed by atoms with Crippen LogP contribution in [0.5, 0.6) is 0 Å². The fourth-order valence-electron chi connectivity index (χ4n) is 4.34. The van der Waals surface area contributed by atoms with Gasteiger partial charge < -0.3 is 4.84 Å². The number of fused-ring (bicyclic) bond motifs is 3. The van der Waals surface area contributed by atoms with Gasteiger partial charge in [0.2, 0.25) is 0 Å². The van der Waals surface area contributed by atoms with E-state index in [1.165, 1.54) is 25.7 Å². The van der Waals surface area contributed by atoms with Crippen LogP contribution in [0, 0.1) is 17.8 Å². The minimum atomic E-state index is -0.546. The first-order chi connectivity index (χ1) is 11.1. The Hall–Kier alpha value is -2.17. The second-order valence-corrected chi connectivity index (χ2v) is 6.93. The molecule has 2 amide bonds. The van der Waals surface area contributed by atoms with Crippen molar-refractivity contribution < 1.29 is 19.2 Å². The Morgan fingerprint density at radius 3 is 2.09 bits per heavy atom. The number of imide groups is 1. The molecule has 0 aromatic heterocycles. The van der Waals surface area contributed by atoms with Gasteiger partial charge in [-0.1, -0.05) is 36.5 Å². The molecule has 23 heavy (non-hydrogen) atoms. The summed E-state index contributed by atoms with van der Waals surface area (Å²) in [6.07, 6.45) is 6.43. The third-order valence-electron chi connectivity index (χ3n) is 5.40. The van der Waals surface area contributed by atoms with E-state index in [4.69, 9.17) is 4.84 Å². The number of hydrogen-bond acceptors (Lipinski definition) is 4. The van der Waals surface area contributed by atoms with Crippen LogP contribution in [-0.4, -0.2) is 22.8 Å². The SMILES string of the molecule is O=C(ON1C(=O)c2ccccc2C1=O)C1CC2CCCC(C2)C1. The second-order valence-electron chi connectivity index (χ2n) is 6.93. The maximum absolute atomic E-state index is 12.5. The van der Waals surface area contributed by atoms with Crippen LogP contribution in [0.15, 0.2) is 24.3 Å². The molecule has 0 N–H and O–H groups in total. The number of amides is 2. The third-order valence-corrected chi connectivity index (χ3v) is 5.40. The Kier molecular flexibility index (Phi) is 3.43. The van der Waals surface area contributed by atoms with Crippen molar-refractivity contribution in [3.8, 4) is 0 Å². The summed E-state index contributed by atoms with van der Waals surface area (Å²) >= 11 is 0. The van der Waals surface area contributed by atoms with E-state index in [0.717, 1.165) is 12.8 Å². The van der Waals surface area contributed by atoms with Gasteiger partial charge in [-0.25, -0.2) is 4.79 Å². The lowest BCUT2D eigenvalue weighted by Crippen LogP contribution is -2.38. The molecule has 1 aliphatic heterocycles. The van der Waals surface area contributed by atoms with Crippen LogP contribution in [0.3, 0.4) is 0 Å². The lowest BCUT2D eigenvalue weighted by atomic mass is 9.68. The van der Waals surface area contributed by atoms with Crippen molar-refractivity contribution in [2.24, 2.45) is 17.8 Å². The number of nitrogens with zero attached hydrogens (tertiary/aromatic N) is 1. The zero-order valence-electron chi connectivity index (χ0n) is 12.9. The van der Waals surface area contributed by atoms with Gasteiger partial charge in [-0.2, -0.15) is 0 Å². The Labute approximate surface area is 134 Å². The predicted octanol–water partition coefficient (Wildman–Crippen LogP) is 2.96. The van der Waals surface area contributed by atoms with Crippen molar-refractivity contribution in [1.82, 2.24) is 5.06 Å². The van der Waals surface area contributed by atoms with E-state index in [9.17, 15) is 14.4 Å². The molecule has 2 aliphatic carbocycles. The Balaban J connectivity index is 1.47. The zero-order valence-corrected chi connectivity index (χ0v) is 12.9. The molecule has 5 heteroatoms. The van der Waals surface area contributed by atoms with Crippen LogP contribution in [0.2, 0.25) is 0 Å². The Morgan fingerprint density at radius 1 is 0.957 bits per heavy atom. The molecule has 1 aromatic carbocycles.